The quantitative estimate of drug-likeness (QED) is 0.510. The van der Waals surface area contributed by atoms with Crippen LogP contribution in [0.1, 0.15) is 38.8 Å². The molecule has 1 aliphatic rings. The third-order valence-electron chi connectivity index (χ3n) is 4.85. The van der Waals surface area contributed by atoms with Crippen molar-refractivity contribution in [2.75, 3.05) is 0 Å². The predicted molar refractivity (Wildman–Crippen MR) is 102 cm³/mol. The van der Waals surface area contributed by atoms with Crippen LogP contribution in [0, 0.1) is 11.8 Å². The third-order valence-corrected chi connectivity index (χ3v) is 5.06. The van der Waals surface area contributed by atoms with Gasteiger partial charge in [0.25, 0.3) is 0 Å². The number of aromatic nitrogens is 2. The lowest BCUT2D eigenvalue weighted by Crippen LogP contribution is -2.46. The second-order valence-electron chi connectivity index (χ2n) is 6.50. The van der Waals surface area contributed by atoms with Gasteiger partial charge in [-0.1, -0.05) is 38.8 Å². The van der Waals surface area contributed by atoms with Crippen LogP contribution in [0.5, 0.6) is 0 Å². The first-order valence-electron chi connectivity index (χ1n) is 8.45. The summed E-state index contributed by atoms with van der Waals surface area (Å²) >= 11 is 5.35. The van der Waals surface area contributed by atoms with E-state index in [1.807, 2.05) is 24.3 Å². The van der Waals surface area contributed by atoms with E-state index >= 15 is 0 Å². The Balaban J connectivity index is 1.55. The van der Waals surface area contributed by atoms with Gasteiger partial charge in [0, 0.05) is 6.04 Å². The highest BCUT2D eigenvalue weighted by Crippen LogP contribution is 2.29. The molecule has 6 heteroatoms. The molecule has 0 amide bonds. The number of para-hydroxylation sites is 2. The Morgan fingerprint density at radius 3 is 2.88 bits per heavy atom. The molecule has 2 aromatic rings. The van der Waals surface area contributed by atoms with E-state index in [2.05, 4.69) is 39.7 Å². The molecule has 1 fully saturated rings. The van der Waals surface area contributed by atoms with Gasteiger partial charge in [-0.25, -0.2) is 4.98 Å². The first-order valence-corrected chi connectivity index (χ1v) is 8.85. The molecule has 5 nitrogen and oxygen atoms in total. The fourth-order valence-electron chi connectivity index (χ4n) is 3.18. The molecule has 1 aliphatic carbocycles. The summed E-state index contributed by atoms with van der Waals surface area (Å²) in [5, 5.41) is 8.12. The molecule has 0 bridgehead atoms. The smallest absolute Gasteiger partial charge is 0.187 e. The maximum Gasteiger partial charge on any atom is 0.187 e. The summed E-state index contributed by atoms with van der Waals surface area (Å²) in [6, 6.07) is 8.19. The van der Waals surface area contributed by atoms with Gasteiger partial charge in [0.2, 0.25) is 0 Å². The van der Waals surface area contributed by atoms with Gasteiger partial charge >= 0.3 is 0 Å². The van der Waals surface area contributed by atoms with Crippen molar-refractivity contribution in [1.29, 1.82) is 0 Å². The van der Waals surface area contributed by atoms with Crippen LogP contribution in [-0.2, 0) is 0 Å². The Bertz CT molecular complexity index is 745. The van der Waals surface area contributed by atoms with Crippen molar-refractivity contribution in [2.45, 2.75) is 39.2 Å². The van der Waals surface area contributed by atoms with E-state index in [0.29, 0.717) is 22.8 Å². The van der Waals surface area contributed by atoms with Crippen LogP contribution in [0.15, 0.2) is 35.6 Å². The molecule has 126 valence electrons. The largest absolute Gasteiger partial charge is 0.358 e. The van der Waals surface area contributed by atoms with Gasteiger partial charge in [-0.15, -0.1) is 0 Å². The summed E-state index contributed by atoms with van der Waals surface area (Å²) in [6.45, 7) is 4.60. The maximum atomic E-state index is 5.35. The van der Waals surface area contributed by atoms with Crippen molar-refractivity contribution in [3.63, 3.8) is 0 Å². The topological polar surface area (TPSA) is 62.2 Å². The average Bonchev–Trinajstić information content (AvgIpc) is 2.59. The summed E-state index contributed by atoms with van der Waals surface area (Å²) in [7, 11) is 0. The number of hydrogen-bond donors (Lipinski definition) is 2. The monoisotopic (exact) mass is 341 g/mol. The van der Waals surface area contributed by atoms with Gasteiger partial charge in [-0.2, -0.15) is 5.10 Å². The van der Waals surface area contributed by atoms with Gasteiger partial charge in [0.1, 0.15) is 5.69 Å². The van der Waals surface area contributed by atoms with Crippen LogP contribution in [0.25, 0.3) is 11.0 Å². The summed E-state index contributed by atoms with van der Waals surface area (Å²) in [5.74, 6) is 1.35. The second-order valence-corrected chi connectivity index (χ2v) is 6.91. The molecule has 3 atom stereocenters. The lowest BCUT2D eigenvalue weighted by atomic mass is 9.78. The minimum absolute atomic E-state index is 0.421. The standard InChI is InChI=1S/C18H23N5S/c1-12-6-5-9-15(13(12)2)22-18(24)23-20-11-14-10-19-16-7-3-4-8-17(16)21-14/h3-4,7-8,10-13,15H,5-6,9H2,1-2H3,(H2,22,23,24)/b20-11-/t12-,13-,15+/m1/s1. The normalized spacial score (nSPS) is 24.2. The highest BCUT2D eigenvalue weighted by Gasteiger charge is 2.27. The van der Waals surface area contributed by atoms with E-state index in [-0.39, 0.29) is 0 Å². The SMILES string of the molecule is C[C@@H]1[C@H](C)CCC[C@@H]1NC(=S)N/N=C\c1cnc2ccccc2n1. The van der Waals surface area contributed by atoms with Crippen LogP contribution < -0.4 is 10.7 Å². The number of benzene rings is 1. The molecular formula is C18H23N5S. The average molecular weight is 341 g/mol. The molecule has 0 radical (unpaired) electrons. The number of nitrogens with one attached hydrogen (secondary N) is 2. The Morgan fingerprint density at radius 2 is 2.04 bits per heavy atom. The highest BCUT2D eigenvalue weighted by molar-refractivity contribution is 7.80. The molecule has 2 N–H and O–H groups in total. The number of nitrogens with zero attached hydrogens (tertiary/aromatic N) is 3. The van der Waals surface area contributed by atoms with Crippen LogP contribution in [0.4, 0.5) is 0 Å². The van der Waals surface area contributed by atoms with E-state index in [9.17, 15) is 0 Å². The van der Waals surface area contributed by atoms with Crippen molar-refractivity contribution < 1.29 is 0 Å². The number of thiocarbonyl (C=S) groups is 1. The number of hydrazone groups is 1. The summed E-state index contributed by atoms with van der Waals surface area (Å²) in [5.41, 5.74) is 5.31. The molecule has 1 saturated carbocycles. The maximum absolute atomic E-state index is 5.35. The van der Waals surface area contributed by atoms with Crippen molar-refractivity contribution >= 4 is 34.6 Å². The minimum Gasteiger partial charge on any atom is -0.358 e. The minimum atomic E-state index is 0.421. The predicted octanol–water partition coefficient (Wildman–Crippen LogP) is 3.25. The molecule has 1 aromatic heterocycles. The summed E-state index contributed by atoms with van der Waals surface area (Å²) in [4.78, 5) is 8.86. The number of hydrogen-bond acceptors (Lipinski definition) is 4. The highest BCUT2D eigenvalue weighted by atomic mass is 32.1. The van der Waals surface area contributed by atoms with Gasteiger partial charge in [0.15, 0.2) is 5.11 Å². The molecule has 0 aliphatic heterocycles. The molecule has 3 rings (SSSR count). The van der Waals surface area contributed by atoms with E-state index in [4.69, 9.17) is 12.2 Å². The zero-order valence-corrected chi connectivity index (χ0v) is 14.9. The van der Waals surface area contributed by atoms with Crippen LogP contribution in [0.2, 0.25) is 0 Å². The first kappa shape index (κ1) is 16.8. The van der Waals surface area contributed by atoms with Gasteiger partial charge in [0.05, 0.1) is 23.4 Å². The van der Waals surface area contributed by atoms with E-state index < -0.39 is 0 Å². The molecule has 24 heavy (non-hydrogen) atoms. The van der Waals surface area contributed by atoms with Crippen molar-refractivity contribution in [3.8, 4) is 0 Å². The molecule has 0 spiro atoms. The Morgan fingerprint density at radius 1 is 1.25 bits per heavy atom. The zero-order valence-electron chi connectivity index (χ0n) is 14.1. The molecule has 1 aromatic carbocycles. The fraction of sp³-hybridized carbons (Fsp3) is 0.444. The molecular weight excluding hydrogens is 318 g/mol. The van der Waals surface area contributed by atoms with E-state index in [1.165, 1.54) is 12.8 Å². The van der Waals surface area contributed by atoms with Gasteiger partial charge < -0.3 is 5.32 Å². The molecule has 0 saturated heterocycles. The Hall–Kier alpha value is -2.08. The van der Waals surface area contributed by atoms with Crippen molar-refractivity contribution in [3.05, 3.63) is 36.2 Å². The van der Waals surface area contributed by atoms with Gasteiger partial charge in [-0.05, 0) is 42.6 Å². The fourth-order valence-corrected chi connectivity index (χ4v) is 3.38. The third kappa shape index (κ3) is 4.06. The zero-order chi connectivity index (χ0) is 16.9. The van der Waals surface area contributed by atoms with Gasteiger partial charge in [-0.3, -0.25) is 10.4 Å². The van der Waals surface area contributed by atoms with E-state index in [1.54, 1.807) is 12.4 Å². The second kappa shape index (κ2) is 7.66. The van der Waals surface area contributed by atoms with Crippen LogP contribution in [0.3, 0.4) is 0 Å². The Labute approximate surface area is 148 Å². The lowest BCUT2D eigenvalue weighted by molar-refractivity contribution is 0.224. The summed E-state index contributed by atoms with van der Waals surface area (Å²) in [6.07, 6.45) is 7.06. The first-order chi connectivity index (χ1) is 11.6. The van der Waals surface area contributed by atoms with Crippen LogP contribution >= 0.6 is 12.2 Å². The van der Waals surface area contributed by atoms with Crippen molar-refractivity contribution in [2.24, 2.45) is 16.9 Å². The number of rotatable bonds is 3. The lowest BCUT2D eigenvalue weighted by Gasteiger charge is -2.35. The molecule has 0 unspecified atom stereocenters. The number of fused-ring (bicyclic) bond motifs is 1. The van der Waals surface area contributed by atoms with Crippen molar-refractivity contribution in [1.82, 2.24) is 20.7 Å². The summed E-state index contributed by atoms with van der Waals surface area (Å²) < 4.78 is 0. The Kier molecular flexibility index (Phi) is 5.35. The molecule has 1 heterocycles. The van der Waals surface area contributed by atoms with E-state index in [0.717, 1.165) is 23.4 Å². The van der Waals surface area contributed by atoms with Crippen LogP contribution in [-0.4, -0.2) is 27.3 Å².